The molecule has 0 saturated carbocycles. The summed E-state index contributed by atoms with van der Waals surface area (Å²) in [7, 11) is 0. The van der Waals surface area contributed by atoms with Crippen LogP contribution in [0.2, 0.25) is 0 Å². The van der Waals surface area contributed by atoms with Gasteiger partial charge in [-0.25, -0.2) is 4.68 Å². The maximum atomic E-state index is 12.4. The van der Waals surface area contributed by atoms with Crippen LogP contribution in [0.3, 0.4) is 0 Å². The lowest BCUT2D eigenvalue weighted by atomic mass is 10.1. The number of hydrogen-bond acceptors (Lipinski definition) is 6. The zero-order valence-corrected chi connectivity index (χ0v) is 14.6. The number of likely N-dealkylation sites (tertiary alicyclic amines) is 1. The molecule has 0 aliphatic carbocycles. The highest BCUT2D eigenvalue weighted by atomic mass is 16.6. The average molecular weight is 372 g/mol. The number of nitro groups is 1. The van der Waals surface area contributed by atoms with Crippen molar-refractivity contribution in [3.05, 3.63) is 52.3 Å². The topological polar surface area (TPSA) is 136 Å². The highest BCUT2D eigenvalue weighted by Crippen LogP contribution is 2.15. The summed E-state index contributed by atoms with van der Waals surface area (Å²) in [5.74, 6) is -0.689. The average Bonchev–Trinajstić information content (AvgIpc) is 3.12. The van der Waals surface area contributed by atoms with Gasteiger partial charge in [0.2, 0.25) is 5.91 Å². The number of benzene rings is 1. The van der Waals surface area contributed by atoms with E-state index < -0.39 is 4.92 Å². The van der Waals surface area contributed by atoms with E-state index in [1.807, 2.05) is 4.90 Å². The van der Waals surface area contributed by atoms with E-state index in [0.717, 1.165) is 19.4 Å². The Morgan fingerprint density at radius 2 is 2.04 bits per heavy atom. The van der Waals surface area contributed by atoms with Crippen LogP contribution in [-0.4, -0.2) is 57.1 Å². The number of non-ortho nitro benzene ring substituents is 1. The molecule has 10 heteroatoms. The summed E-state index contributed by atoms with van der Waals surface area (Å²) in [4.78, 5) is 35.7. The lowest BCUT2D eigenvalue weighted by Crippen LogP contribution is -2.49. The van der Waals surface area contributed by atoms with Gasteiger partial charge in [-0.15, -0.1) is 0 Å². The van der Waals surface area contributed by atoms with E-state index >= 15 is 0 Å². The Hall–Kier alpha value is -3.27. The smallest absolute Gasteiger partial charge is 0.272 e. The summed E-state index contributed by atoms with van der Waals surface area (Å²) in [6.07, 6.45) is 3.32. The number of aromatic nitrogens is 2. The fraction of sp³-hybridized carbons (Fsp3) is 0.353. The number of hydrogen-bond donors (Lipinski definition) is 2. The van der Waals surface area contributed by atoms with Gasteiger partial charge >= 0.3 is 0 Å². The van der Waals surface area contributed by atoms with Crippen LogP contribution in [0.5, 0.6) is 0 Å². The SMILES string of the molecule is NC(=O)CN1CCCC(NC(=O)c2ccn(-c3ccc([N+](=O)[O-])cc3)n2)C1. The number of carbonyl (C=O) groups is 2. The van der Waals surface area contributed by atoms with Gasteiger partial charge in [0.15, 0.2) is 5.69 Å². The normalized spacial score (nSPS) is 17.4. The number of nitrogens with one attached hydrogen (secondary N) is 1. The van der Waals surface area contributed by atoms with Gasteiger partial charge in [0.05, 0.1) is 17.2 Å². The molecule has 1 aliphatic heterocycles. The van der Waals surface area contributed by atoms with Crippen molar-refractivity contribution in [1.82, 2.24) is 20.0 Å². The summed E-state index contributed by atoms with van der Waals surface area (Å²) in [5, 5.41) is 17.9. The zero-order valence-electron chi connectivity index (χ0n) is 14.6. The second kappa shape index (κ2) is 7.96. The van der Waals surface area contributed by atoms with Crippen molar-refractivity contribution in [2.24, 2.45) is 5.73 Å². The second-order valence-corrected chi connectivity index (χ2v) is 6.43. The Morgan fingerprint density at radius 3 is 2.70 bits per heavy atom. The number of primary amides is 1. The van der Waals surface area contributed by atoms with Crippen molar-refractivity contribution in [3.63, 3.8) is 0 Å². The lowest BCUT2D eigenvalue weighted by Gasteiger charge is -2.32. The molecule has 27 heavy (non-hydrogen) atoms. The number of piperidine rings is 1. The van der Waals surface area contributed by atoms with Crippen LogP contribution in [0, 0.1) is 10.1 Å². The number of rotatable bonds is 6. The van der Waals surface area contributed by atoms with Gasteiger partial charge in [0.1, 0.15) is 0 Å². The third-order valence-electron chi connectivity index (χ3n) is 4.37. The van der Waals surface area contributed by atoms with Crippen LogP contribution < -0.4 is 11.1 Å². The molecule has 3 rings (SSSR count). The number of amides is 2. The molecule has 1 aromatic carbocycles. The van der Waals surface area contributed by atoms with Crippen molar-refractivity contribution in [2.75, 3.05) is 19.6 Å². The van der Waals surface area contributed by atoms with E-state index in [2.05, 4.69) is 10.4 Å². The van der Waals surface area contributed by atoms with Gasteiger partial charge in [-0.1, -0.05) is 0 Å². The van der Waals surface area contributed by atoms with E-state index in [1.54, 1.807) is 24.4 Å². The second-order valence-electron chi connectivity index (χ2n) is 6.43. The van der Waals surface area contributed by atoms with E-state index in [4.69, 9.17) is 5.73 Å². The van der Waals surface area contributed by atoms with Crippen molar-refractivity contribution >= 4 is 17.5 Å². The standard InChI is InChI=1S/C17H20N6O4/c18-16(24)11-21-8-1-2-12(10-21)19-17(25)15-7-9-22(20-15)13-3-5-14(6-4-13)23(26)27/h3-7,9,12H,1-2,8,10-11H2,(H2,18,24)(H,19,25). The molecule has 1 fully saturated rings. The summed E-state index contributed by atoms with van der Waals surface area (Å²) in [6, 6.07) is 7.40. The van der Waals surface area contributed by atoms with Crippen molar-refractivity contribution in [3.8, 4) is 5.69 Å². The minimum Gasteiger partial charge on any atom is -0.369 e. The minimum absolute atomic E-state index is 0.0123. The van der Waals surface area contributed by atoms with Crippen molar-refractivity contribution < 1.29 is 14.5 Å². The highest BCUT2D eigenvalue weighted by Gasteiger charge is 2.23. The first kappa shape index (κ1) is 18.5. The predicted molar refractivity (Wildman–Crippen MR) is 96.3 cm³/mol. The number of nitrogens with zero attached hydrogens (tertiary/aromatic N) is 4. The molecule has 0 bridgehead atoms. The lowest BCUT2D eigenvalue weighted by molar-refractivity contribution is -0.384. The molecule has 3 N–H and O–H groups in total. The fourth-order valence-corrected chi connectivity index (χ4v) is 3.11. The van der Waals surface area contributed by atoms with Crippen LogP contribution >= 0.6 is 0 Å². The predicted octanol–water partition coefficient (Wildman–Crippen LogP) is 0.460. The molecule has 10 nitrogen and oxygen atoms in total. The van der Waals surface area contributed by atoms with Crippen LogP contribution in [0.15, 0.2) is 36.5 Å². The summed E-state index contributed by atoms with van der Waals surface area (Å²) < 4.78 is 1.49. The summed E-state index contributed by atoms with van der Waals surface area (Å²) >= 11 is 0. The van der Waals surface area contributed by atoms with Crippen LogP contribution in [0.25, 0.3) is 5.69 Å². The maximum Gasteiger partial charge on any atom is 0.272 e. The third-order valence-corrected chi connectivity index (χ3v) is 4.37. The Bertz CT molecular complexity index is 847. The molecule has 1 unspecified atom stereocenters. The Morgan fingerprint density at radius 1 is 1.30 bits per heavy atom. The maximum absolute atomic E-state index is 12.4. The molecule has 142 valence electrons. The number of nitro benzene ring substituents is 1. The minimum atomic E-state index is -0.475. The van der Waals surface area contributed by atoms with Crippen molar-refractivity contribution in [1.29, 1.82) is 0 Å². The number of nitrogens with two attached hydrogens (primary N) is 1. The van der Waals surface area contributed by atoms with E-state index in [-0.39, 0.29) is 35.8 Å². The molecular formula is C17H20N6O4. The van der Waals surface area contributed by atoms with E-state index in [9.17, 15) is 19.7 Å². The first-order valence-electron chi connectivity index (χ1n) is 8.54. The molecule has 0 spiro atoms. The molecule has 1 atom stereocenters. The quantitative estimate of drug-likeness (QED) is 0.558. The number of carbonyl (C=O) groups excluding carboxylic acids is 2. The van der Waals surface area contributed by atoms with Crippen LogP contribution in [-0.2, 0) is 4.79 Å². The molecule has 1 saturated heterocycles. The Balaban J connectivity index is 1.63. The highest BCUT2D eigenvalue weighted by molar-refractivity contribution is 5.92. The fourth-order valence-electron chi connectivity index (χ4n) is 3.11. The summed E-state index contributed by atoms with van der Waals surface area (Å²) in [5.41, 5.74) is 6.08. The molecule has 2 aromatic rings. The largest absolute Gasteiger partial charge is 0.369 e. The van der Waals surface area contributed by atoms with E-state index in [0.29, 0.717) is 12.2 Å². The van der Waals surface area contributed by atoms with Gasteiger partial charge in [-0.05, 0) is 37.6 Å². The molecule has 1 aliphatic rings. The van der Waals surface area contributed by atoms with Crippen LogP contribution in [0.4, 0.5) is 5.69 Å². The van der Waals surface area contributed by atoms with Gasteiger partial charge in [0, 0.05) is 30.9 Å². The monoisotopic (exact) mass is 372 g/mol. The molecule has 1 aromatic heterocycles. The summed E-state index contributed by atoms with van der Waals surface area (Å²) in [6.45, 7) is 1.53. The molecule has 2 heterocycles. The van der Waals surface area contributed by atoms with Gasteiger partial charge in [-0.2, -0.15) is 5.10 Å². The van der Waals surface area contributed by atoms with Crippen LogP contribution in [0.1, 0.15) is 23.3 Å². The van der Waals surface area contributed by atoms with Crippen molar-refractivity contribution in [2.45, 2.75) is 18.9 Å². The van der Waals surface area contributed by atoms with E-state index in [1.165, 1.54) is 16.8 Å². The van der Waals surface area contributed by atoms with Gasteiger partial charge < -0.3 is 11.1 Å². The molecule has 0 radical (unpaired) electrons. The molecule has 2 amide bonds. The third kappa shape index (κ3) is 4.67. The van der Waals surface area contributed by atoms with Gasteiger partial charge in [0.25, 0.3) is 11.6 Å². The van der Waals surface area contributed by atoms with Gasteiger partial charge in [-0.3, -0.25) is 24.6 Å². The zero-order chi connectivity index (χ0) is 19.4. The molecular weight excluding hydrogens is 352 g/mol. The Labute approximate surface area is 155 Å². The first-order valence-corrected chi connectivity index (χ1v) is 8.54. The first-order chi connectivity index (χ1) is 12.9. The Kier molecular flexibility index (Phi) is 5.46.